The number of carbonyl (C=O) groups excluding carboxylic acids is 1. The van der Waals surface area contributed by atoms with Crippen LogP contribution in [0.4, 0.5) is 0 Å². The summed E-state index contributed by atoms with van der Waals surface area (Å²) in [6.07, 6.45) is 3.33. The van der Waals surface area contributed by atoms with Crippen LogP contribution in [0.3, 0.4) is 0 Å². The average Bonchev–Trinajstić information content (AvgIpc) is 2.94. The molecule has 3 heterocycles. The van der Waals surface area contributed by atoms with Crippen LogP contribution in [-0.4, -0.2) is 15.8 Å². The molecule has 0 aliphatic carbocycles. The Hall–Kier alpha value is -1.88. The molecule has 0 aliphatic rings. The number of furan rings is 1. The van der Waals surface area contributed by atoms with Gasteiger partial charge < -0.3 is 9.40 Å². The van der Waals surface area contributed by atoms with Crippen molar-refractivity contribution in [1.29, 1.82) is 0 Å². The van der Waals surface area contributed by atoms with Crippen molar-refractivity contribution < 1.29 is 9.21 Å². The molecule has 3 aromatic heterocycles. The number of pyridine rings is 1. The summed E-state index contributed by atoms with van der Waals surface area (Å²) in [6, 6.07) is 6.98. The van der Waals surface area contributed by atoms with Gasteiger partial charge in [-0.05, 0) is 40.2 Å². The van der Waals surface area contributed by atoms with Gasteiger partial charge in [0.25, 0.3) is 0 Å². The van der Waals surface area contributed by atoms with Crippen molar-refractivity contribution >= 4 is 32.7 Å². The molecule has 5 heteroatoms. The minimum Gasteiger partial charge on any atom is -0.446 e. The van der Waals surface area contributed by atoms with Crippen molar-refractivity contribution in [2.24, 2.45) is 0 Å². The SMILES string of the molecule is O=C(c1ccc(Br)o1)c1c[nH]c2ncccc12. The van der Waals surface area contributed by atoms with E-state index in [1.807, 2.05) is 6.07 Å². The summed E-state index contributed by atoms with van der Waals surface area (Å²) in [7, 11) is 0. The molecule has 0 atom stereocenters. The maximum Gasteiger partial charge on any atom is 0.230 e. The lowest BCUT2D eigenvalue weighted by Crippen LogP contribution is -1.97. The highest BCUT2D eigenvalue weighted by Crippen LogP contribution is 2.22. The molecular formula is C12H7BrN2O2. The fraction of sp³-hybridized carbons (Fsp3) is 0. The predicted octanol–water partition coefficient (Wildman–Crippen LogP) is 3.15. The number of halogens is 1. The summed E-state index contributed by atoms with van der Waals surface area (Å²) < 4.78 is 5.79. The van der Waals surface area contributed by atoms with Crippen LogP contribution in [0, 0.1) is 0 Å². The van der Waals surface area contributed by atoms with E-state index < -0.39 is 0 Å². The molecule has 3 aromatic rings. The lowest BCUT2D eigenvalue weighted by molar-refractivity contribution is 0.101. The number of rotatable bonds is 2. The first kappa shape index (κ1) is 10.3. The summed E-state index contributed by atoms with van der Waals surface area (Å²) in [6.45, 7) is 0. The van der Waals surface area contributed by atoms with Gasteiger partial charge in [-0.2, -0.15) is 0 Å². The van der Waals surface area contributed by atoms with E-state index in [0.717, 1.165) is 5.39 Å². The lowest BCUT2D eigenvalue weighted by Gasteiger charge is -1.94. The average molecular weight is 291 g/mol. The molecule has 84 valence electrons. The molecule has 0 aliphatic heterocycles. The fourth-order valence-electron chi connectivity index (χ4n) is 1.71. The van der Waals surface area contributed by atoms with Crippen LogP contribution in [0.2, 0.25) is 0 Å². The molecule has 3 rings (SSSR count). The third-order valence-corrected chi connectivity index (χ3v) is 2.92. The molecule has 0 saturated heterocycles. The van der Waals surface area contributed by atoms with Crippen molar-refractivity contribution in [3.05, 3.63) is 52.7 Å². The standard InChI is InChI=1S/C12H7BrN2O2/c13-10-4-3-9(17-10)11(16)8-6-15-12-7(8)2-1-5-14-12/h1-6H,(H,14,15). The Labute approximate surface area is 105 Å². The van der Waals surface area contributed by atoms with Crippen LogP contribution in [-0.2, 0) is 0 Å². The monoisotopic (exact) mass is 290 g/mol. The van der Waals surface area contributed by atoms with Crippen molar-refractivity contribution in [3.63, 3.8) is 0 Å². The number of hydrogen-bond acceptors (Lipinski definition) is 3. The highest BCUT2D eigenvalue weighted by molar-refractivity contribution is 9.10. The van der Waals surface area contributed by atoms with E-state index in [4.69, 9.17) is 4.42 Å². The third-order valence-electron chi connectivity index (χ3n) is 2.49. The maximum atomic E-state index is 12.2. The van der Waals surface area contributed by atoms with Gasteiger partial charge in [-0.1, -0.05) is 0 Å². The van der Waals surface area contributed by atoms with Crippen molar-refractivity contribution in [2.45, 2.75) is 0 Å². The molecule has 0 radical (unpaired) electrons. The van der Waals surface area contributed by atoms with Gasteiger partial charge in [-0.15, -0.1) is 0 Å². The van der Waals surface area contributed by atoms with Crippen molar-refractivity contribution in [2.75, 3.05) is 0 Å². The molecule has 0 aromatic carbocycles. The third kappa shape index (κ3) is 1.68. The minimum absolute atomic E-state index is 0.157. The Bertz CT molecular complexity index is 699. The van der Waals surface area contributed by atoms with E-state index in [1.54, 1.807) is 30.6 Å². The Morgan fingerprint density at radius 3 is 3.00 bits per heavy atom. The lowest BCUT2D eigenvalue weighted by atomic mass is 10.1. The molecule has 0 fully saturated rings. The first-order valence-corrected chi connectivity index (χ1v) is 5.77. The van der Waals surface area contributed by atoms with Gasteiger partial charge in [0, 0.05) is 17.8 Å². The Morgan fingerprint density at radius 2 is 2.24 bits per heavy atom. The molecule has 0 saturated carbocycles. The Balaban J connectivity index is 2.13. The van der Waals surface area contributed by atoms with E-state index in [0.29, 0.717) is 21.6 Å². The second kappa shape index (κ2) is 3.85. The Kier molecular flexibility index (Phi) is 2.33. The van der Waals surface area contributed by atoms with Crippen LogP contribution in [0.15, 0.2) is 45.7 Å². The van der Waals surface area contributed by atoms with Crippen LogP contribution < -0.4 is 0 Å². The zero-order valence-corrected chi connectivity index (χ0v) is 10.2. The number of hydrogen-bond donors (Lipinski definition) is 1. The number of carbonyl (C=O) groups is 1. The highest BCUT2D eigenvalue weighted by atomic mass is 79.9. The van der Waals surface area contributed by atoms with Gasteiger partial charge in [-0.3, -0.25) is 4.79 Å². The van der Waals surface area contributed by atoms with E-state index in [1.165, 1.54) is 0 Å². The zero-order valence-electron chi connectivity index (χ0n) is 8.61. The molecule has 0 spiro atoms. The van der Waals surface area contributed by atoms with E-state index in [2.05, 4.69) is 25.9 Å². The first-order chi connectivity index (χ1) is 8.25. The van der Waals surface area contributed by atoms with Gasteiger partial charge in [0.05, 0.1) is 5.56 Å². The minimum atomic E-state index is -0.157. The van der Waals surface area contributed by atoms with E-state index in [-0.39, 0.29) is 5.78 Å². The second-order valence-electron chi connectivity index (χ2n) is 3.53. The number of H-pyrrole nitrogens is 1. The number of aromatic amines is 1. The number of nitrogens with one attached hydrogen (secondary N) is 1. The number of aromatic nitrogens is 2. The zero-order chi connectivity index (χ0) is 11.8. The van der Waals surface area contributed by atoms with E-state index >= 15 is 0 Å². The molecule has 4 nitrogen and oxygen atoms in total. The predicted molar refractivity (Wildman–Crippen MR) is 65.9 cm³/mol. The van der Waals surface area contributed by atoms with Gasteiger partial charge in [-0.25, -0.2) is 4.98 Å². The number of ketones is 1. The Morgan fingerprint density at radius 1 is 1.35 bits per heavy atom. The number of nitrogens with zero attached hydrogens (tertiary/aromatic N) is 1. The van der Waals surface area contributed by atoms with Crippen LogP contribution >= 0.6 is 15.9 Å². The molecule has 0 bridgehead atoms. The molecule has 17 heavy (non-hydrogen) atoms. The topological polar surface area (TPSA) is 58.9 Å². The molecular weight excluding hydrogens is 284 g/mol. The summed E-state index contributed by atoms with van der Waals surface area (Å²) in [4.78, 5) is 19.3. The van der Waals surface area contributed by atoms with E-state index in [9.17, 15) is 4.79 Å². The smallest absolute Gasteiger partial charge is 0.230 e. The van der Waals surface area contributed by atoms with Gasteiger partial charge in [0.1, 0.15) is 5.65 Å². The summed E-state index contributed by atoms with van der Waals surface area (Å²) in [5, 5.41) is 0.796. The second-order valence-corrected chi connectivity index (χ2v) is 4.32. The first-order valence-electron chi connectivity index (χ1n) is 4.98. The highest BCUT2D eigenvalue weighted by Gasteiger charge is 2.17. The normalized spacial score (nSPS) is 10.9. The van der Waals surface area contributed by atoms with Crippen LogP contribution in [0.1, 0.15) is 16.1 Å². The summed E-state index contributed by atoms with van der Waals surface area (Å²) in [5.74, 6) is 0.150. The van der Waals surface area contributed by atoms with Crippen molar-refractivity contribution in [1.82, 2.24) is 9.97 Å². The van der Waals surface area contributed by atoms with Crippen molar-refractivity contribution in [3.8, 4) is 0 Å². The fourth-order valence-corrected chi connectivity index (χ4v) is 2.02. The number of fused-ring (bicyclic) bond motifs is 1. The maximum absolute atomic E-state index is 12.2. The quantitative estimate of drug-likeness (QED) is 0.738. The summed E-state index contributed by atoms with van der Waals surface area (Å²) >= 11 is 3.17. The van der Waals surface area contributed by atoms with Crippen LogP contribution in [0.25, 0.3) is 11.0 Å². The molecule has 0 unspecified atom stereocenters. The van der Waals surface area contributed by atoms with Gasteiger partial charge in [0.15, 0.2) is 10.4 Å². The summed E-state index contributed by atoms with van der Waals surface area (Å²) in [5.41, 5.74) is 1.26. The van der Waals surface area contributed by atoms with Crippen LogP contribution in [0.5, 0.6) is 0 Å². The molecule has 0 amide bonds. The van der Waals surface area contributed by atoms with Gasteiger partial charge in [0.2, 0.25) is 5.78 Å². The van der Waals surface area contributed by atoms with Gasteiger partial charge >= 0.3 is 0 Å². The molecule has 1 N–H and O–H groups in total. The largest absolute Gasteiger partial charge is 0.446 e.